The fourth-order valence-corrected chi connectivity index (χ4v) is 2.29. The molecule has 0 spiro atoms. The van der Waals surface area contributed by atoms with Crippen LogP contribution in [-0.2, 0) is 11.3 Å². The molecule has 1 heterocycles. The fraction of sp³-hybridized carbons (Fsp3) is 0.538. The molecule has 1 aliphatic heterocycles. The number of nitro groups is 1. The van der Waals surface area contributed by atoms with E-state index in [1.807, 2.05) is 0 Å². The number of benzene rings is 1. The molecule has 1 aromatic rings. The van der Waals surface area contributed by atoms with Crippen molar-refractivity contribution in [2.45, 2.75) is 24.9 Å². The quantitative estimate of drug-likeness (QED) is 0.636. The van der Waals surface area contributed by atoms with E-state index < -0.39 is 27.8 Å². The van der Waals surface area contributed by atoms with E-state index in [2.05, 4.69) is 5.32 Å². The smallest absolute Gasteiger partial charge is 0.305 e. The highest BCUT2D eigenvalue weighted by Crippen LogP contribution is 2.24. The number of nitro benzene ring substituents is 1. The molecule has 0 atom stereocenters. The maximum atomic E-state index is 13.7. The van der Waals surface area contributed by atoms with Crippen LogP contribution < -0.4 is 5.32 Å². The normalized spacial score (nSPS) is 17.7. The lowest BCUT2D eigenvalue weighted by Crippen LogP contribution is -2.51. The van der Waals surface area contributed by atoms with Gasteiger partial charge in [0.25, 0.3) is 0 Å². The molecular weight excluding hydrogens is 286 g/mol. The second kappa shape index (κ2) is 6.42. The molecule has 1 aliphatic rings. The van der Waals surface area contributed by atoms with Gasteiger partial charge in [0.15, 0.2) is 0 Å². The zero-order valence-electron chi connectivity index (χ0n) is 11.3. The maximum Gasteiger partial charge on any atom is 0.305 e. The van der Waals surface area contributed by atoms with Crippen LogP contribution in [0.2, 0.25) is 0 Å². The first-order valence-electron chi connectivity index (χ1n) is 6.53. The van der Waals surface area contributed by atoms with Gasteiger partial charge in [-0.1, -0.05) is 0 Å². The van der Waals surface area contributed by atoms with Gasteiger partial charge in [0.05, 0.1) is 11.5 Å². The van der Waals surface area contributed by atoms with Gasteiger partial charge < -0.3 is 15.2 Å². The molecule has 2 rings (SSSR count). The number of hydrogen-bond donors (Lipinski definition) is 2. The summed E-state index contributed by atoms with van der Waals surface area (Å²) in [4.78, 5) is 9.78. The molecule has 1 aromatic carbocycles. The third-order valence-corrected chi connectivity index (χ3v) is 3.72. The van der Waals surface area contributed by atoms with E-state index in [1.54, 1.807) is 0 Å². The number of rotatable bonds is 5. The van der Waals surface area contributed by atoms with Crippen LogP contribution in [0.3, 0.4) is 0 Å². The SMILES string of the molecule is O=[N+]([O-])c1cc(CNC2(CO)CCOCC2)c(F)cc1F. The van der Waals surface area contributed by atoms with Crippen LogP contribution in [0.15, 0.2) is 12.1 Å². The van der Waals surface area contributed by atoms with Crippen LogP contribution in [0, 0.1) is 21.7 Å². The van der Waals surface area contributed by atoms with Gasteiger partial charge in [0, 0.05) is 43.0 Å². The van der Waals surface area contributed by atoms with Gasteiger partial charge in [-0.15, -0.1) is 0 Å². The van der Waals surface area contributed by atoms with Gasteiger partial charge in [0.1, 0.15) is 5.82 Å². The predicted octanol–water partition coefficient (Wildman–Crippen LogP) is 1.50. The molecule has 6 nitrogen and oxygen atoms in total. The highest BCUT2D eigenvalue weighted by molar-refractivity contribution is 5.37. The Kier molecular flexibility index (Phi) is 4.81. The Morgan fingerprint density at radius 3 is 2.57 bits per heavy atom. The highest BCUT2D eigenvalue weighted by atomic mass is 19.1. The molecule has 2 N–H and O–H groups in total. The topological polar surface area (TPSA) is 84.6 Å². The van der Waals surface area contributed by atoms with Gasteiger partial charge in [-0.25, -0.2) is 4.39 Å². The van der Waals surface area contributed by atoms with E-state index in [0.717, 1.165) is 6.07 Å². The van der Waals surface area contributed by atoms with E-state index in [9.17, 15) is 24.0 Å². The molecule has 8 heteroatoms. The van der Waals surface area contributed by atoms with Gasteiger partial charge in [-0.05, 0) is 12.8 Å². The van der Waals surface area contributed by atoms with Crippen molar-refractivity contribution in [3.8, 4) is 0 Å². The van der Waals surface area contributed by atoms with Crippen LogP contribution in [-0.4, -0.2) is 35.4 Å². The summed E-state index contributed by atoms with van der Waals surface area (Å²) in [5.74, 6) is -2.06. The second-order valence-electron chi connectivity index (χ2n) is 5.06. The van der Waals surface area contributed by atoms with Crippen molar-refractivity contribution < 1.29 is 23.5 Å². The zero-order chi connectivity index (χ0) is 15.5. The van der Waals surface area contributed by atoms with Crippen molar-refractivity contribution >= 4 is 5.69 Å². The van der Waals surface area contributed by atoms with Crippen molar-refractivity contribution in [3.63, 3.8) is 0 Å². The lowest BCUT2D eigenvalue weighted by Gasteiger charge is -2.36. The third kappa shape index (κ3) is 3.52. The minimum Gasteiger partial charge on any atom is -0.394 e. The van der Waals surface area contributed by atoms with E-state index in [1.165, 1.54) is 0 Å². The van der Waals surface area contributed by atoms with Gasteiger partial charge >= 0.3 is 5.69 Å². The Labute approximate surface area is 119 Å². The molecule has 0 bridgehead atoms. The second-order valence-corrected chi connectivity index (χ2v) is 5.06. The van der Waals surface area contributed by atoms with Crippen LogP contribution in [0.1, 0.15) is 18.4 Å². The molecule has 0 radical (unpaired) electrons. The fourth-order valence-electron chi connectivity index (χ4n) is 2.29. The Hall–Kier alpha value is -1.64. The Morgan fingerprint density at radius 2 is 2.00 bits per heavy atom. The lowest BCUT2D eigenvalue weighted by atomic mass is 9.90. The highest BCUT2D eigenvalue weighted by Gasteiger charge is 2.31. The molecule has 1 saturated heterocycles. The Morgan fingerprint density at radius 1 is 1.33 bits per heavy atom. The molecular formula is C13H16F2N2O4. The summed E-state index contributed by atoms with van der Waals surface area (Å²) in [6.07, 6.45) is 1.10. The first-order chi connectivity index (χ1) is 9.97. The van der Waals surface area contributed by atoms with Crippen molar-refractivity contribution in [1.82, 2.24) is 5.32 Å². The average Bonchev–Trinajstić information content (AvgIpc) is 2.47. The summed E-state index contributed by atoms with van der Waals surface area (Å²) in [5.41, 5.74) is -1.38. The number of nitrogens with one attached hydrogen (secondary N) is 1. The molecule has 21 heavy (non-hydrogen) atoms. The largest absolute Gasteiger partial charge is 0.394 e. The van der Waals surface area contributed by atoms with Crippen LogP contribution in [0.4, 0.5) is 14.5 Å². The van der Waals surface area contributed by atoms with Crippen molar-refractivity contribution in [2.24, 2.45) is 0 Å². The maximum absolute atomic E-state index is 13.7. The molecule has 0 saturated carbocycles. The Balaban J connectivity index is 2.15. The number of halogens is 2. The molecule has 116 valence electrons. The molecule has 0 amide bonds. The van der Waals surface area contributed by atoms with Crippen LogP contribution in [0.25, 0.3) is 0 Å². The number of aliphatic hydroxyl groups excluding tert-OH is 1. The summed E-state index contributed by atoms with van der Waals surface area (Å²) < 4.78 is 32.2. The van der Waals surface area contributed by atoms with E-state index >= 15 is 0 Å². The standard InChI is InChI=1S/C13H16F2N2O4/c14-10-6-11(15)12(17(19)20)5-9(10)7-16-13(8-18)1-3-21-4-2-13/h5-6,16,18H,1-4,7-8H2. The van der Waals surface area contributed by atoms with Gasteiger partial charge in [-0.2, -0.15) is 4.39 Å². The first kappa shape index (κ1) is 15.7. The minimum absolute atomic E-state index is 0.0117. The summed E-state index contributed by atoms with van der Waals surface area (Å²) in [6, 6.07) is 1.38. The summed E-state index contributed by atoms with van der Waals surface area (Å²) in [7, 11) is 0. The predicted molar refractivity (Wildman–Crippen MR) is 69.7 cm³/mol. The summed E-state index contributed by atoms with van der Waals surface area (Å²) in [6.45, 7) is 0.758. The van der Waals surface area contributed by atoms with Gasteiger partial charge in [-0.3, -0.25) is 10.1 Å². The Bertz CT molecular complexity index is 533. The summed E-state index contributed by atoms with van der Waals surface area (Å²) >= 11 is 0. The minimum atomic E-state index is -1.20. The van der Waals surface area contributed by atoms with E-state index in [-0.39, 0.29) is 18.7 Å². The lowest BCUT2D eigenvalue weighted by molar-refractivity contribution is -0.387. The van der Waals surface area contributed by atoms with Crippen LogP contribution in [0.5, 0.6) is 0 Å². The monoisotopic (exact) mass is 302 g/mol. The third-order valence-electron chi connectivity index (χ3n) is 3.72. The number of aliphatic hydroxyl groups is 1. The molecule has 0 aliphatic carbocycles. The number of nitrogens with zero attached hydrogens (tertiary/aromatic N) is 1. The van der Waals surface area contributed by atoms with E-state index in [0.29, 0.717) is 32.1 Å². The summed E-state index contributed by atoms with van der Waals surface area (Å²) in [5, 5.41) is 23.2. The molecule has 0 unspecified atom stereocenters. The zero-order valence-corrected chi connectivity index (χ0v) is 11.3. The van der Waals surface area contributed by atoms with Crippen molar-refractivity contribution in [1.29, 1.82) is 0 Å². The molecule has 1 fully saturated rings. The number of hydrogen-bond acceptors (Lipinski definition) is 5. The van der Waals surface area contributed by atoms with Gasteiger partial charge in [0.2, 0.25) is 5.82 Å². The first-order valence-corrected chi connectivity index (χ1v) is 6.53. The van der Waals surface area contributed by atoms with E-state index in [4.69, 9.17) is 4.74 Å². The average molecular weight is 302 g/mol. The molecule has 0 aromatic heterocycles. The van der Waals surface area contributed by atoms with Crippen LogP contribution >= 0.6 is 0 Å². The van der Waals surface area contributed by atoms with Crippen molar-refractivity contribution in [3.05, 3.63) is 39.4 Å². The number of ether oxygens (including phenoxy) is 1. The van der Waals surface area contributed by atoms with Crippen molar-refractivity contribution in [2.75, 3.05) is 19.8 Å².